The van der Waals surface area contributed by atoms with Gasteiger partial charge in [0.15, 0.2) is 0 Å². The van der Waals surface area contributed by atoms with E-state index < -0.39 is 0 Å². The van der Waals surface area contributed by atoms with Crippen LogP contribution in [0.5, 0.6) is 0 Å². The van der Waals surface area contributed by atoms with Crippen LogP contribution >= 0.6 is 11.6 Å². The molecular weight excluding hydrogens is 288 g/mol. The van der Waals surface area contributed by atoms with Gasteiger partial charge in [-0.1, -0.05) is 36.7 Å². The fraction of sp³-hybridized carbons (Fsp3) is 0.562. The Morgan fingerprint density at radius 2 is 2.24 bits per heavy atom. The largest absolute Gasteiger partial charge is 0.392 e. The molecule has 4 nitrogen and oxygen atoms in total. The van der Waals surface area contributed by atoms with Crippen LogP contribution in [0.2, 0.25) is 5.02 Å². The van der Waals surface area contributed by atoms with Crippen LogP contribution in [0.3, 0.4) is 0 Å². The van der Waals surface area contributed by atoms with Gasteiger partial charge < -0.3 is 10.4 Å². The highest BCUT2D eigenvalue weighted by molar-refractivity contribution is 6.31. The summed E-state index contributed by atoms with van der Waals surface area (Å²) < 4.78 is 0. The number of amides is 1. The maximum atomic E-state index is 12.1. The first kappa shape index (κ1) is 16.3. The normalized spacial score (nSPS) is 24.6. The molecule has 3 unspecified atom stereocenters. The summed E-state index contributed by atoms with van der Waals surface area (Å²) in [6, 6.07) is 7.39. The van der Waals surface area contributed by atoms with Gasteiger partial charge in [-0.15, -0.1) is 0 Å². The second-order valence-corrected chi connectivity index (χ2v) is 6.29. The predicted octanol–water partition coefficient (Wildman–Crippen LogP) is 2.22. The third-order valence-electron chi connectivity index (χ3n) is 4.12. The Kier molecular flexibility index (Phi) is 5.62. The fourth-order valence-corrected chi connectivity index (χ4v) is 2.95. The predicted molar refractivity (Wildman–Crippen MR) is 84.2 cm³/mol. The Labute approximate surface area is 131 Å². The first-order chi connectivity index (χ1) is 9.97. The van der Waals surface area contributed by atoms with Crippen molar-refractivity contribution in [3.63, 3.8) is 0 Å². The Morgan fingerprint density at radius 3 is 2.90 bits per heavy atom. The van der Waals surface area contributed by atoms with Crippen LogP contribution in [0, 0.1) is 5.92 Å². The van der Waals surface area contributed by atoms with Gasteiger partial charge in [0.1, 0.15) is 0 Å². The SMILES string of the molecule is CC(NC(=O)CN1CCC(C)C(O)C1)c1ccccc1Cl. The molecule has 2 N–H and O–H groups in total. The minimum absolute atomic E-state index is 0.0378. The molecule has 2 rings (SSSR count). The lowest BCUT2D eigenvalue weighted by molar-refractivity contribution is -0.123. The van der Waals surface area contributed by atoms with Crippen molar-refractivity contribution in [2.75, 3.05) is 19.6 Å². The fourth-order valence-electron chi connectivity index (χ4n) is 2.65. The van der Waals surface area contributed by atoms with Crippen molar-refractivity contribution in [1.82, 2.24) is 10.2 Å². The lowest BCUT2D eigenvalue weighted by Crippen LogP contribution is -2.47. The average Bonchev–Trinajstić information content (AvgIpc) is 2.43. The number of piperidine rings is 1. The molecule has 1 aliphatic rings. The molecule has 3 atom stereocenters. The van der Waals surface area contributed by atoms with Gasteiger partial charge in [-0.25, -0.2) is 0 Å². The van der Waals surface area contributed by atoms with E-state index in [1.807, 2.05) is 43.0 Å². The molecule has 1 amide bonds. The van der Waals surface area contributed by atoms with Crippen LogP contribution in [0.15, 0.2) is 24.3 Å². The Bertz CT molecular complexity index is 495. The van der Waals surface area contributed by atoms with Crippen molar-refractivity contribution >= 4 is 17.5 Å². The van der Waals surface area contributed by atoms with E-state index in [0.29, 0.717) is 24.0 Å². The van der Waals surface area contributed by atoms with Gasteiger partial charge in [0, 0.05) is 11.6 Å². The van der Waals surface area contributed by atoms with Crippen LogP contribution in [0.1, 0.15) is 31.9 Å². The van der Waals surface area contributed by atoms with E-state index in [-0.39, 0.29) is 18.1 Å². The van der Waals surface area contributed by atoms with E-state index in [1.165, 1.54) is 0 Å². The van der Waals surface area contributed by atoms with E-state index in [4.69, 9.17) is 11.6 Å². The summed E-state index contributed by atoms with van der Waals surface area (Å²) >= 11 is 6.13. The van der Waals surface area contributed by atoms with Crippen LogP contribution in [-0.2, 0) is 4.79 Å². The number of rotatable bonds is 4. The number of aliphatic hydroxyl groups is 1. The monoisotopic (exact) mass is 310 g/mol. The van der Waals surface area contributed by atoms with Crippen LogP contribution in [-0.4, -0.2) is 41.7 Å². The number of carbonyl (C=O) groups is 1. The molecule has 0 saturated carbocycles. The molecule has 1 saturated heterocycles. The molecule has 1 aliphatic heterocycles. The molecule has 0 radical (unpaired) electrons. The number of β-amino-alcohol motifs (C(OH)–C–C–N with tert-alkyl or cyclic N) is 1. The number of likely N-dealkylation sites (tertiary alicyclic amines) is 1. The highest BCUT2D eigenvalue weighted by Gasteiger charge is 2.25. The van der Waals surface area contributed by atoms with Gasteiger partial charge in [-0.2, -0.15) is 0 Å². The molecule has 0 spiro atoms. The van der Waals surface area contributed by atoms with Crippen LogP contribution in [0.4, 0.5) is 0 Å². The Balaban J connectivity index is 1.86. The van der Waals surface area contributed by atoms with Crippen LogP contribution < -0.4 is 5.32 Å². The first-order valence-corrected chi connectivity index (χ1v) is 7.79. The second kappa shape index (κ2) is 7.25. The number of halogens is 1. The summed E-state index contributed by atoms with van der Waals surface area (Å²) in [6.45, 7) is 5.70. The average molecular weight is 311 g/mol. The first-order valence-electron chi connectivity index (χ1n) is 7.41. The van der Waals surface area contributed by atoms with E-state index in [9.17, 15) is 9.90 Å². The number of aliphatic hydroxyl groups excluding tert-OH is 1. The van der Waals surface area contributed by atoms with E-state index >= 15 is 0 Å². The number of carbonyl (C=O) groups excluding carboxylic acids is 1. The van der Waals surface area contributed by atoms with E-state index in [0.717, 1.165) is 18.5 Å². The van der Waals surface area contributed by atoms with Crippen molar-refractivity contribution < 1.29 is 9.90 Å². The zero-order valence-electron chi connectivity index (χ0n) is 12.6. The molecule has 1 fully saturated rings. The molecule has 5 heteroatoms. The number of nitrogens with one attached hydrogen (secondary N) is 1. The standard InChI is InChI=1S/C16H23ClN2O2/c1-11-7-8-19(9-15(11)20)10-16(21)18-12(2)13-5-3-4-6-14(13)17/h3-6,11-12,15,20H,7-10H2,1-2H3,(H,18,21). The van der Waals surface area contributed by atoms with Crippen molar-refractivity contribution in [2.24, 2.45) is 5.92 Å². The summed E-state index contributed by atoms with van der Waals surface area (Å²) in [5.74, 6) is 0.274. The number of hydrogen-bond donors (Lipinski definition) is 2. The Morgan fingerprint density at radius 1 is 1.52 bits per heavy atom. The van der Waals surface area contributed by atoms with Gasteiger partial charge in [0.25, 0.3) is 0 Å². The zero-order chi connectivity index (χ0) is 15.4. The topological polar surface area (TPSA) is 52.6 Å². The molecule has 0 aliphatic carbocycles. The molecule has 116 valence electrons. The minimum atomic E-state index is -0.340. The molecule has 1 aromatic carbocycles. The van der Waals surface area contributed by atoms with Gasteiger partial charge in [-0.05, 0) is 37.4 Å². The summed E-state index contributed by atoms with van der Waals surface area (Å²) in [5.41, 5.74) is 0.916. The zero-order valence-corrected chi connectivity index (χ0v) is 13.3. The van der Waals surface area contributed by atoms with Crippen molar-refractivity contribution in [3.8, 4) is 0 Å². The summed E-state index contributed by atoms with van der Waals surface area (Å²) in [4.78, 5) is 14.1. The smallest absolute Gasteiger partial charge is 0.234 e. The van der Waals surface area contributed by atoms with Crippen molar-refractivity contribution in [1.29, 1.82) is 0 Å². The molecule has 1 aromatic rings. The van der Waals surface area contributed by atoms with Gasteiger partial charge >= 0.3 is 0 Å². The van der Waals surface area contributed by atoms with Crippen molar-refractivity contribution in [3.05, 3.63) is 34.9 Å². The molecular formula is C16H23ClN2O2. The third kappa shape index (κ3) is 4.43. The van der Waals surface area contributed by atoms with E-state index in [2.05, 4.69) is 5.32 Å². The number of nitrogens with zero attached hydrogens (tertiary/aromatic N) is 1. The van der Waals surface area contributed by atoms with E-state index in [1.54, 1.807) is 0 Å². The quantitative estimate of drug-likeness (QED) is 0.896. The highest BCUT2D eigenvalue weighted by atomic mass is 35.5. The molecule has 0 bridgehead atoms. The van der Waals surface area contributed by atoms with Gasteiger partial charge in [0.05, 0.1) is 18.7 Å². The Hall–Kier alpha value is -1.10. The molecule has 0 aromatic heterocycles. The highest BCUT2D eigenvalue weighted by Crippen LogP contribution is 2.22. The lowest BCUT2D eigenvalue weighted by atomic mass is 9.96. The summed E-state index contributed by atoms with van der Waals surface area (Å²) in [7, 11) is 0. The maximum Gasteiger partial charge on any atom is 0.234 e. The van der Waals surface area contributed by atoms with Gasteiger partial charge in [-0.3, -0.25) is 9.69 Å². The van der Waals surface area contributed by atoms with Crippen LogP contribution in [0.25, 0.3) is 0 Å². The maximum absolute atomic E-state index is 12.1. The molecule has 1 heterocycles. The molecule has 21 heavy (non-hydrogen) atoms. The second-order valence-electron chi connectivity index (χ2n) is 5.88. The summed E-state index contributed by atoms with van der Waals surface area (Å²) in [5, 5.41) is 13.5. The van der Waals surface area contributed by atoms with Crippen molar-refractivity contribution in [2.45, 2.75) is 32.4 Å². The van der Waals surface area contributed by atoms with Gasteiger partial charge in [0.2, 0.25) is 5.91 Å². The lowest BCUT2D eigenvalue weighted by Gasteiger charge is -2.33. The number of hydrogen-bond acceptors (Lipinski definition) is 3. The summed E-state index contributed by atoms with van der Waals surface area (Å²) in [6.07, 6.45) is 0.585. The third-order valence-corrected chi connectivity index (χ3v) is 4.46. The minimum Gasteiger partial charge on any atom is -0.392 e. The number of benzene rings is 1.